The minimum absolute atomic E-state index is 0.111. The molecule has 160 valence electrons. The molecule has 2 aromatic rings. The van der Waals surface area contributed by atoms with E-state index in [1.54, 1.807) is 0 Å². The van der Waals surface area contributed by atoms with E-state index in [0.29, 0.717) is 18.7 Å². The number of halogens is 1. The SMILES string of the molecule is Cc1cc(C)n(CC(C)CNC(=O)CN2C(=O)NC(C)(c3ccc(F)cc3)C2=O)n1. The predicted molar refractivity (Wildman–Crippen MR) is 108 cm³/mol. The van der Waals surface area contributed by atoms with Crippen LogP contribution in [0.1, 0.15) is 30.8 Å². The number of carbonyl (C=O) groups excluding carboxylic acids is 3. The van der Waals surface area contributed by atoms with Gasteiger partial charge in [-0.2, -0.15) is 5.10 Å². The molecule has 30 heavy (non-hydrogen) atoms. The number of aryl methyl sites for hydroxylation is 2. The molecule has 1 aliphatic rings. The lowest BCUT2D eigenvalue weighted by molar-refractivity contribution is -0.134. The Morgan fingerprint density at radius 2 is 1.93 bits per heavy atom. The van der Waals surface area contributed by atoms with Crippen molar-refractivity contribution in [2.75, 3.05) is 13.1 Å². The van der Waals surface area contributed by atoms with Crippen LogP contribution in [0.4, 0.5) is 9.18 Å². The second kappa shape index (κ2) is 8.25. The van der Waals surface area contributed by atoms with Crippen molar-refractivity contribution in [3.8, 4) is 0 Å². The van der Waals surface area contributed by atoms with Crippen molar-refractivity contribution < 1.29 is 18.8 Å². The van der Waals surface area contributed by atoms with Gasteiger partial charge in [0.25, 0.3) is 5.91 Å². The van der Waals surface area contributed by atoms with Crippen molar-refractivity contribution in [3.63, 3.8) is 0 Å². The van der Waals surface area contributed by atoms with Crippen LogP contribution in [-0.2, 0) is 21.7 Å². The summed E-state index contributed by atoms with van der Waals surface area (Å²) in [5.74, 6) is -1.31. The second-order valence-corrected chi connectivity index (χ2v) is 7.97. The van der Waals surface area contributed by atoms with Crippen LogP contribution in [0, 0.1) is 25.6 Å². The highest BCUT2D eigenvalue weighted by Crippen LogP contribution is 2.28. The molecular formula is C21H26FN5O3. The molecule has 0 aliphatic carbocycles. The maximum Gasteiger partial charge on any atom is 0.325 e. The van der Waals surface area contributed by atoms with Gasteiger partial charge in [0, 0.05) is 18.8 Å². The van der Waals surface area contributed by atoms with Crippen molar-refractivity contribution in [1.82, 2.24) is 25.3 Å². The molecule has 0 bridgehead atoms. The molecule has 1 aromatic carbocycles. The second-order valence-electron chi connectivity index (χ2n) is 7.97. The minimum atomic E-state index is -1.34. The fourth-order valence-electron chi connectivity index (χ4n) is 3.53. The summed E-state index contributed by atoms with van der Waals surface area (Å²) in [5, 5.41) is 9.77. The van der Waals surface area contributed by atoms with Gasteiger partial charge in [-0.3, -0.25) is 19.2 Å². The molecule has 8 nitrogen and oxygen atoms in total. The van der Waals surface area contributed by atoms with Crippen molar-refractivity contribution >= 4 is 17.8 Å². The average molecular weight is 415 g/mol. The third-order valence-electron chi connectivity index (χ3n) is 5.23. The molecule has 1 aliphatic heterocycles. The van der Waals surface area contributed by atoms with Gasteiger partial charge < -0.3 is 10.6 Å². The van der Waals surface area contributed by atoms with Crippen LogP contribution < -0.4 is 10.6 Å². The first-order valence-corrected chi connectivity index (χ1v) is 9.78. The Morgan fingerprint density at radius 3 is 2.53 bits per heavy atom. The Balaban J connectivity index is 1.57. The zero-order valence-corrected chi connectivity index (χ0v) is 17.5. The predicted octanol–water partition coefficient (Wildman–Crippen LogP) is 1.86. The van der Waals surface area contributed by atoms with Gasteiger partial charge in [-0.15, -0.1) is 0 Å². The fourth-order valence-corrected chi connectivity index (χ4v) is 3.53. The number of benzene rings is 1. The van der Waals surface area contributed by atoms with E-state index < -0.39 is 29.2 Å². The zero-order valence-electron chi connectivity index (χ0n) is 17.5. The van der Waals surface area contributed by atoms with Gasteiger partial charge in [0.05, 0.1) is 5.69 Å². The van der Waals surface area contributed by atoms with Crippen LogP contribution in [0.2, 0.25) is 0 Å². The Hall–Kier alpha value is -3.23. The van der Waals surface area contributed by atoms with E-state index in [1.807, 2.05) is 31.5 Å². The normalized spacial score (nSPS) is 19.7. The molecule has 0 saturated carbocycles. The number of imide groups is 1. The maximum absolute atomic E-state index is 13.2. The van der Waals surface area contributed by atoms with Crippen LogP contribution in [0.5, 0.6) is 0 Å². The van der Waals surface area contributed by atoms with E-state index >= 15 is 0 Å². The lowest BCUT2D eigenvalue weighted by Gasteiger charge is -2.22. The lowest BCUT2D eigenvalue weighted by atomic mass is 9.92. The summed E-state index contributed by atoms with van der Waals surface area (Å²) in [6, 6.07) is 6.66. The summed E-state index contributed by atoms with van der Waals surface area (Å²) in [5.41, 5.74) is 1.09. The monoisotopic (exact) mass is 415 g/mol. The van der Waals surface area contributed by atoms with Crippen molar-refractivity contribution in [1.29, 1.82) is 0 Å². The van der Waals surface area contributed by atoms with E-state index in [1.165, 1.54) is 31.2 Å². The van der Waals surface area contributed by atoms with E-state index in [4.69, 9.17) is 0 Å². The smallest absolute Gasteiger partial charge is 0.325 e. The first-order chi connectivity index (χ1) is 14.1. The van der Waals surface area contributed by atoms with Crippen LogP contribution >= 0.6 is 0 Å². The molecule has 0 radical (unpaired) electrons. The first kappa shape index (κ1) is 21.5. The van der Waals surface area contributed by atoms with Crippen molar-refractivity contribution in [3.05, 3.63) is 53.1 Å². The number of hydrogen-bond acceptors (Lipinski definition) is 4. The minimum Gasteiger partial charge on any atom is -0.354 e. The molecule has 3 rings (SSSR count). The molecule has 2 N–H and O–H groups in total. The van der Waals surface area contributed by atoms with Gasteiger partial charge in [-0.25, -0.2) is 9.18 Å². The largest absolute Gasteiger partial charge is 0.354 e. The standard InChI is InChI=1S/C21H26FN5O3/c1-13(11-27-15(3)9-14(2)25-27)10-23-18(28)12-26-19(29)21(4,24-20(26)30)16-5-7-17(22)8-6-16/h5-9,13H,10-12H2,1-4H3,(H,23,28)(H,24,30). The summed E-state index contributed by atoms with van der Waals surface area (Å²) in [7, 11) is 0. The molecule has 2 unspecified atom stereocenters. The van der Waals surface area contributed by atoms with E-state index in [-0.39, 0.29) is 12.5 Å². The molecule has 1 aromatic heterocycles. The molecule has 4 amide bonds. The van der Waals surface area contributed by atoms with E-state index in [2.05, 4.69) is 15.7 Å². The highest BCUT2D eigenvalue weighted by atomic mass is 19.1. The summed E-state index contributed by atoms with van der Waals surface area (Å²) in [4.78, 5) is 38.4. The first-order valence-electron chi connectivity index (χ1n) is 9.78. The van der Waals surface area contributed by atoms with Gasteiger partial charge in [0.1, 0.15) is 17.9 Å². The van der Waals surface area contributed by atoms with Crippen LogP contribution in [-0.4, -0.2) is 45.6 Å². The summed E-state index contributed by atoms with van der Waals surface area (Å²) >= 11 is 0. The van der Waals surface area contributed by atoms with Crippen LogP contribution in [0.3, 0.4) is 0 Å². The number of aromatic nitrogens is 2. The molecule has 1 fully saturated rings. The highest BCUT2D eigenvalue weighted by molar-refractivity contribution is 6.09. The number of hydrogen-bond donors (Lipinski definition) is 2. The summed E-state index contributed by atoms with van der Waals surface area (Å²) in [6.45, 7) is 8.07. The van der Waals surface area contributed by atoms with E-state index in [0.717, 1.165) is 16.3 Å². The van der Waals surface area contributed by atoms with Crippen molar-refractivity contribution in [2.45, 2.75) is 39.8 Å². The Bertz CT molecular complexity index is 972. The fraction of sp³-hybridized carbons (Fsp3) is 0.429. The van der Waals surface area contributed by atoms with E-state index in [9.17, 15) is 18.8 Å². The van der Waals surface area contributed by atoms with Gasteiger partial charge in [-0.05, 0) is 50.5 Å². The number of amides is 4. The quantitative estimate of drug-likeness (QED) is 0.675. The number of rotatable bonds is 7. The Morgan fingerprint density at radius 1 is 1.27 bits per heavy atom. The zero-order chi connectivity index (χ0) is 22.1. The molecule has 1 saturated heterocycles. The third-order valence-corrected chi connectivity index (χ3v) is 5.23. The van der Waals surface area contributed by atoms with Gasteiger partial charge in [0.15, 0.2) is 0 Å². The van der Waals surface area contributed by atoms with Gasteiger partial charge in [0.2, 0.25) is 5.91 Å². The molecule has 0 spiro atoms. The topological polar surface area (TPSA) is 96.3 Å². The Labute approximate surface area is 174 Å². The van der Waals surface area contributed by atoms with Crippen LogP contribution in [0.25, 0.3) is 0 Å². The number of urea groups is 1. The molecule has 2 atom stereocenters. The number of nitrogens with zero attached hydrogens (tertiary/aromatic N) is 3. The third kappa shape index (κ3) is 4.34. The van der Waals surface area contributed by atoms with Crippen LogP contribution in [0.15, 0.2) is 30.3 Å². The highest BCUT2D eigenvalue weighted by Gasteiger charge is 2.49. The van der Waals surface area contributed by atoms with Crippen molar-refractivity contribution in [2.24, 2.45) is 5.92 Å². The molecule has 9 heteroatoms. The number of nitrogens with one attached hydrogen (secondary N) is 2. The average Bonchev–Trinajstić information content (AvgIpc) is 3.11. The van der Waals surface area contributed by atoms with Gasteiger partial charge in [-0.1, -0.05) is 19.1 Å². The maximum atomic E-state index is 13.2. The molecular weight excluding hydrogens is 389 g/mol. The lowest BCUT2D eigenvalue weighted by Crippen LogP contribution is -2.44. The molecule has 2 heterocycles. The summed E-state index contributed by atoms with van der Waals surface area (Å²) < 4.78 is 15.1. The summed E-state index contributed by atoms with van der Waals surface area (Å²) in [6.07, 6.45) is 0. The van der Waals surface area contributed by atoms with Gasteiger partial charge >= 0.3 is 6.03 Å². The number of carbonyl (C=O) groups is 3. The Kier molecular flexibility index (Phi) is 5.91.